The van der Waals surface area contributed by atoms with Crippen LogP contribution in [-0.4, -0.2) is 40.5 Å². The molecule has 1 atom stereocenters. The van der Waals surface area contributed by atoms with Gasteiger partial charge >= 0.3 is 0 Å². The number of ether oxygens (including phenoxy) is 1. The summed E-state index contributed by atoms with van der Waals surface area (Å²) in [5.74, 6) is -2.28. The number of aromatic nitrogens is 2. The number of hydrogen-bond acceptors (Lipinski definition) is 5. The Labute approximate surface area is 143 Å². The van der Waals surface area contributed by atoms with E-state index in [2.05, 4.69) is 10.1 Å². The number of likely N-dealkylation sites (tertiary alicyclic amines) is 1. The third-order valence-electron chi connectivity index (χ3n) is 4.16. The molecule has 0 saturated carbocycles. The van der Waals surface area contributed by atoms with Crippen LogP contribution in [0.25, 0.3) is 0 Å². The van der Waals surface area contributed by atoms with E-state index < -0.39 is 30.8 Å². The van der Waals surface area contributed by atoms with Gasteiger partial charge in [-0.1, -0.05) is 24.2 Å². The van der Waals surface area contributed by atoms with E-state index in [1.165, 1.54) is 7.11 Å². The smallest absolute Gasteiger partial charge is 0.267 e. The summed E-state index contributed by atoms with van der Waals surface area (Å²) in [6, 6.07) is 6.07. The number of nitrogens with zero attached hydrogens (tertiary/aromatic N) is 3. The first-order valence-electron chi connectivity index (χ1n) is 8.04. The quantitative estimate of drug-likeness (QED) is 0.829. The zero-order valence-corrected chi connectivity index (χ0v) is 14.0. The van der Waals surface area contributed by atoms with Crippen LogP contribution in [0.15, 0.2) is 28.8 Å². The number of amides is 1. The molecule has 1 fully saturated rings. The van der Waals surface area contributed by atoms with Crippen molar-refractivity contribution < 1.29 is 22.8 Å². The van der Waals surface area contributed by atoms with Gasteiger partial charge in [-0.15, -0.1) is 0 Å². The molecule has 1 aliphatic rings. The van der Waals surface area contributed by atoms with Gasteiger partial charge in [-0.25, -0.2) is 8.78 Å². The average Bonchev–Trinajstić information content (AvgIpc) is 3.18. The number of carbonyl (C=O) groups excluding carboxylic acids is 1. The van der Waals surface area contributed by atoms with Gasteiger partial charge in [-0.3, -0.25) is 4.79 Å². The third kappa shape index (κ3) is 3.78. The lowest BCUT2D eigenvalue weighted by molar-refractivity contribution is -0.133. The van der Waals surface area contributed by atoms with Crippen molar-refractivity contribution in [3.8, 4) is 5.75 Å². The Balaban J connectivity index is 1.80. The summed E-state index contributed by atoms with van der Waals surface area (Å²) in [5.41, 5.74) is 0.693. The molecule has 1 aromatic heterocycles. The van der Waals surface area contributed by atoms with Crippen LogP contribution in [0.5, 0.6) is 5.75 Å². The van der Waals surface area contributed by atoms with Crippen molar-refractivity contribution in [1.82, 2.24) is 15.0 Å². The van der Waals surface area contributed by atoms with E-state index in [0.29, 0.717) is 23.6 Å². The fourth-order valence-corrected chi connectivity index (χ4v) is 2.90. The molecule has 0 unspecified atom stereocenters. The van der Waals surface area contributed by atoms with E-state index >= 15 is 0 Å². The normalized spacial score (nSPS) is 19.2. The highest BCUT2D eigenvalue weighted by atomic mass is 19.3. The van der Waals surface area contributed by atoms with Crippen LogP contribution in [0.2, 0.25) is 0 Å². The molecule has 1 aromatic carbocycles. The van der Waals surface area contributed by atoms with Gasteiger partial charge in [-0.05, 0) is 17.7 Å². The molecule has 2 aromatic rings. The number of rotatable bonds is 5. The number of hydrogen-bond donors (Lipinski definition) is 0. The van der Waals surface area contributed by atoms with E-state index in [0.717, 1.165) is 4.90 Å². The Morgan fingerprint density at radius 2 is 2.28 bits per heavy atom. The van der Waals surface area contributed by atoms with Gasteiger partial charge in [0, 0.05) is 12.8 Å². The van der Waals surface area contributed by atoms with Crippen LogP contribution in [0, 0.1) is 0 Å². The summed E-state index contributed by atoms with van der Waals surface area (Å²) in [6.07, 6.45) is 0.0190. The molecular weight excluding hydrogens is 332 g/mol. The van der Waals surface area contributed by atoms with Crippen LogP contribution in [0.3, 0.4) is 0 Å². The van der Waals surface area contributed by atoms with Gasteiger partial charge < -0.3 is 14.2 Å². The number of carbonyl (C=O) groups is 1. The van der Waals surface area contributed by atoms with Crippen molar-refractivity contribution in [2.75, 3.05) is 13.7 Å². The lowest BCUT2D eigenvalue weighted by Crippen LogP contribution is -2.34. The topological polar surface area (TPSA) is 68.5 Å². The number of alkyl halides is 2. The van der Waals surface area contributed by atoms with Gasteiger partial charge in [-0.2, -0.15) is 4.98 Å². The van der Waals surface area contributed by atoms with E-state index in [1.54, 1.807) is 24.3 Å². The molecule has 0 bridgehead atoms. The second kappa shape index (κ2) is 6.78. The van der Waals surface area contributed by atoms with Crippen LogP contribution in [0.4, 0.5) is 8.78 Å². The van der Waals surface area contributed by atoms with Crippen LogP contribution < -0.4 is 4.74 Å². The molecule has 25 heavy (non-hydrogen) atoms. The fourth-order valence-electron chi connectivity index (χ4n) is 2.90. The van der Waals surface area contributed by atoms with E-state index in [1.807, 2.05) is 6.92 Å². The standard InChI is InChI=1S/C17H19F2N3O3/c1-3-14-20-16(25-21-14)13-9-17(18,19)10-22(13)15(23)8-11-5-4-6-12(7-11)24-2/h4-7,13H,3,8-10H2,1-2H3/t13-/m0/s1. The molecule has 6 nitrogen and oxygen atoms in total. The highest BCUT2D eigenvalue weighted by Gasteiger charge is 2.49. The van der Waals surface area contributed by atoms with Crippen molar-refractivity contribution in [1.29, 1.82) is 0 Å². The van der Waals surface area contributed by atoms with Crippen molar-refractivity contribution in [3.05, 3.63) is 41.5 Å². The van der Waals surface area contributed by atoms with Gasteiger partial charge in [0.2, 0.25) is 11.8 Å². The Morgan fingerprint density at radius 1 is 1.48 bits per heavy atom. The molecule has 0 spiro atoms. The number of benzene rings is 1. The maximum Gasteiger partial charge on any atom is 0.267 e. The number of aryl methyl sites for hydroxylation is 1. The van der Waals surface area contributed by atoms with Crippen molar-refractivity contribution in [2.24, 2.45) is 0 Å². The maximum absolute atomic E-state index is 13.9. The zero-order chi connectivity index (χ0) is 18.0. The fraction of sp³-hybridized carbons (Fsp3) is 0.471. The third-order valence-corrected chi connectivity index (χ3v) is 4.16. The molecular formula is C17H19F2N3O3. The molecule has 3 rings (SSSR count). The highest BCUT2D eigenvalue weighted by Crippen LogP contribution is 2.40. The van der Waals surface area contributed by atoms with E-state index in [4.69, 9.17) is 9.26 Å². The SMILES string of the molecule is CCc1noc([C@@H]2CC(F)(F)CN2C(=O)Cc2cccc(OC)c2)n1. The lowest BCUT2D eigenvalue weighted by Gasteiger charge is -2.21. The number of halogens is 2. The Bertz CT molecular complexity index is 763. The predicted octanol–water partition coefficient (Wildman–Crippen LogP) is 2.79. The molecule has 0 radical (unpaired) electrons. The minimum atomic E-state index is -2.98. The van der Waals surface area contributed by atoms with Gasteiger partial charge in [0.1, 0.15) is 11.8 Å². The van der Waals surface area contributed by atoms with Crippen LogP contribution >= 0.6 is 0 Å². The largest absolute Gasteiger partial charge is 0.497 e. The Morgan fingerprint density at radius 3 is 2.96 bits per heavy atom. The number of methoxy groups -OCH3 is 1. The Hall–Kier alpha value is -2.51. The summed E-state index contributed by atoms with van der Waals surface area (Å²) in [4.78, 5) is 17.9. The van der Waals surface area contributed by atoms with Crippen molar-refractivity contribution >= 4 is 5.91 Å². The summed E-state index contributed by atoms with van der Waals surface area (Å²) < 4.78 is 38.1. The van der Waals surface area contributed by atoms with Gasteiger partial charge in [0.25, 0.3) is 5.92 Å². The minimum absolute atomic E-state index is 0.00144. The molecule has 2 heterocycles. The highest BCUT2D eigenvalue weighted by molar-refractivity contribution is 5.79. The van der Waals surface area contributed by atoms with E-state index in [9.17, 15) is 13.6 Å². The summed E-state index contributed by atoms with van der Waals surface area (Å²) in [7, 11) is 1.53. The average molecular weight is 351 g/mol. The molecule has 1 saturated heterocycles. The second-order valence-corrected chi connectivity index (χ2v) is 6.03. The summed E-state index contributed by atoms with van der Waals surface area (Å²) in [5, 5.41) is 3.74. The zero-order valence-electron chi connectivity index (χ0n) is 14.0. The molecule has 0 aliphatic carbocycles. The van der Waals surface area contributed by atoms with Crippen LogP contribution in [-0.2, 0) is 17.6 Å². The minimum Gasteiger partial charge on any atom is -0.497 e. The molecule has 1 amide bonds. The summed E-state index contributed by atoms with van der Waals surface area (Å²) >= 11 is 0. The molecule has 8 heteroatoms. The monoisotopic (exact) mass is 351 g/mol. The van der Waals surface area contributed by atoms with Crippen molar-refractivity contribution in [2.45, 2.75) is 38.2 Å². The molecule has 1 aliphatic heterocycles. The first kappa shape index (κ1) is 17.3. The van der Waals surface area contributed by atoms with E-state index in [-0.39, 0.29) is 12.3 Å². The molecule has 0 N–H and O–H groups in total. The van der Waals surface area contributed by atoms with Crippen molar-refractivity contribution in [3.63, 3.8) is 0 Å². The summed E-state index contributed by atoms with van der Waals surface area (Å²) in [6.45, 7) is 1.19. The second-order valence-electron chi connectivity index (χ2n) is 6.03. The van der Waals surface area contributed by atoms with Gasteiger partial charge in [0.15, 0.2) is 5.82 Å². The van der Waals surface area contributed by atoms with Crippen LogP contribution in [0.1, 0.15) is 36.7 Å². The predicted molar refractivity (Wildman–Crippen MR) is 84.4 cm³/mol. The maximum atomic E-state index is 13.9. The van der Waals surface area contributed by atoms with Gasteiger partial charge in [0.05, 0.1) is 20.1 Å². The first-order chi connectivity index (χ1) is 11.9. The Kier molecular flexibility index (Phi) is 4.69. The first-order valence-corrected chi connectivity index (χ1v) is 8.04. The molecule has 134 valence electrons. The lowest BCUT2D eigenvalue weighted by atomic mass is 10.1.